The maximum absolute atomic E-state index is 12.5. The van der Waals surface area contributed by atoms with Gasteiger partial charge in [-0.15, -0.1) is 0 Å². The summed E-state index contributed by atoms with van der Waals surface area (Å²) in [6, 6.07) is 3.81. The van der Waals surface area contributed by atoms with Crippen LogP contribution in [0, 0.1) is 13.8 Å². The smallest absolute Gasteiger partial charge is 0.347 e. The van der Waals surface area contributed by atoms with Crippen molar-refractivity contribution >= 4 is 21.9 Å². The van der Waals surface area contributed by atoms with Crippen molar-refractivity contribution in [1.82, 2.24) is 0 Å². The molecule has 4 nitrogen and oxygen atoms in total. The van der Waals surface area contributed by atoms with Gasteiger partial charge >= 0.3 is 11.3 Å². The lowest BCUT2D eigenvalue weighted by Gasteiger charge is -2.16. The second kappa shape index (κ2) is 4.57. The zero-order valence-corrected chi connectivity index (χ0v) is 12.6. The third kappa shape index (κ3) is 1.76. The van der Waals surface area contributed by atoms with Gasteiger partial charge in [0, 0.05) is 5.56 Å². The third-order valence-corrected chi connectivity index (χ3v) is 4.52. The largest absolute Gasteiger partial charge is 0.422 e. The molecular weight excluding hydrogens is 280 g/mol. The third-order valence-electron chi connectivity index (χ3n) is 4.52. The Balaban J connectivity index is 2.30. The molecule has 2 heterocycles. The second-order valence-electron chi connectivity index (χ2n) is 6.10. The molecule has 1 aliphatic rings. The summed E-state index contributed by atoms with van der Waals surface area (Å²) in [5.74, 6) is 0. The summed E-state index contributed by atoms with van der Waals surface area (Å²) in [4.78, 5) is 24.8. The summed E-state index contributed by atoms with van der Waals surface area (Å²) in [7, 11) is 0. The number of benzene rings is 1. The number of hydrogen-bond donors (Lipinski definition) is 0. The number of fused-ring (bicyclic) bond motifs is 5. The van der Waals surface area contributed by atoms with E-state index < -0.39 is 5.63 Å². The minimum absolute atomic E-state index is 0.311. The van der Waals surface area contributed by atoms with Gasteiger partial charge in [-0.2, -0.15) is 0 Å². The number of hydrogen-bond acceptors (Lipinski definition) is 4. The van der Waals surface area contributed by atoms with E-state index in [4.69, 9.17) is 8.83 Å². The van der Waals surface area contributed by atoms with Gasteiger partial charge in [0.2, 0.25) is 0 Å². The Bertz CT molecular complexity index is 1040. The molecule has 0 saturated heterocycles. The Hall–Kier alpha value is -2.36. The highest BCUT2D eigenvalue weighted by molar-refractivity contribution is 6.03. The maximum Gasteiger partial charge on any atom is 0.347 e. The summed E-state index contributed by atoms with van der Waals surface area (Å²) in [5, 5.41) is 1.18. The van der Waals surface area contributed by atoms with Gasteiger partial charge < -0.3 is 8.83 Å². The van der Waals surface area contributed by atoms with Crippen LogP contribution in [0.1, 0.15) is 35.1 Å². The number of aryl methyl sites for hydroxylation is 3. The molecule has 1 aromatic carbocycles. The van der Waals surface area contributed by atoms with E-state index in [1.807, 2.05) is 26.0 Å². The van der Waals surface area contributed by atoms with Crippen molar-refractivity contribution in [2.45, 2.75) is 39.5 Å². The van der Waals surface area contributed by atoms with Crippen molar-refractivity contribution in [2.24, 2.45) is 0 Å². The second-order valence-corrected chi connectivity index (χ2v) is 6.10. The molecule has 0 bridgehead atoms. The predicted molar refractivity (Wildman–Crippen MR) is 84.6 cm³/mol. The van der Waals surface area contributed by atoms with Gasteiger partial charge in [0.15, 0.2) is 5.58 Å². The molecule has 0 atom stereocenters. The summed E-state index contributed by atoms with van der Waals surface area (Å²) in [6.45, 7) is 3.88. The van der Waals surface area contributed by atoms with Crippen molar-refractivity contribution < 1.29 is 8.83 Å². The Morgan fingerprint density at radius 2 is 1.59 bits per heavy atom. The molecule has 0 N–H and O–H groups in total. The summed E-state index contributed by atoms with van der Waals surface area (Å²) in [6.07, 6.45) is 3.35. The van der Waals surface area contributed by atoms with E-state index in [9.17, 15) is 9.59 Å². The van der Waals surface area contributed by atoms with Crippen LogP contribution >= 0.6 is 0 Å². The number of rotatable bonds is 0. The quantitative estimate of drug-likeness (QED) is 0.471. The molecule has 0 saturated carbocycles. The minimum atomic E-state index is -0.408. The van der Waals surface area contributed by atoms with Gasteiger partial charge in [0.25, 0.3) is 0 Å². The molecule has 112 valence electrons. The monoisotopic (exact) mass is 296 g/mol. The van der Waals surface area contributed by atoms with Crippen LogP contribution in [0.2, 0.25) is 0 Å². The van der Waals surface area contributed by atoms with Gasteiger partial charge in [-0.3, -0.25) is 0 Å². The average molecular weight is 296 g/mol. The van der Waals surface area contributed by atoms with E-state index in [1.54, 1.807) is 0 Å². The Morgan fingerprint density at radius 1 is 0.864 bits per heavy atom. The van der Waals surface area contributed by atoms with Crippen molar-refractivity contribution in [3.8, 4) is 0 Å². The molecule has 0 amide bonds. The molecule has 4 rings (SSSR count). The van der Waals surface area contributed by atoms with Gasteiger partial charge in [0.1, 0.15) is 11.0 Å². The normalized spacial score (nSPS) is 14.5. The van der Waals surface area contributed by atoms with Crippen LogP contribution in [-0.4, -0.2) is 0 Å². The van der Waals surface area contributed by atoms with Crippen LogP contribution < -0.4 is 11.3 Å². The molecule has 2 aromatic heterocycles. The minimum Gasteiger partial charge on any atom is -0.422 e. The molecule has 0 spiro atoms. The van der Waals surface area contributed by atoms with E-state index >= 15 is 0 Å². The molecular formula is C18H16O4. The van der Waals surface area contributed by atoms with E-state index in [-0.39, 0.29) is 5.63 Å². The Labute approximate surface area is 126 Å². The first kappa shape index (κ1) is 13.3. The zero-order chi connectivity index (χ0) is 15.4. The first-order valence-corrected chi connectivity index (χ1v) is 7.59. The lowest BCUT2D eigenvalue weighted by molar-refractivity contribution is 0.522. The fourth-order valence-corrected chi connectivity index (χ4v) is 3.59. The van der Waals surface area contributed by atoms with Crippen molar-refractivity contribution in [2.75, 3.05) is 0 Å². The molecule has 0 unspecified atom stereocenters. The zero-order valence-electron chi connectivity index (χ0n) is 12.6. The highest BCUT2D eigenvalue weighted by Gasteiger charge is 2.23. The van der Waals surface area contributed by atoms with E-state index in [1.165, 1.54) is 0 Å². The van der Waals surface area contributed by atoms with E-state index in [0.29, 0.717) is 28.5 Å². The van der Waals surface area contributed by atoms with Crippen LogP contribution in [0.25, 0.3) is 21.9 Å². The van der Waals surface area contributed by atoms with Gasteiger partial charge in [0.05, 0.1) is 5.39 Å². The SMILES string of the molecule is Cc1cc(C)c2c(c1)oc(=O)c1c3c(c(=O)oc12)CCCC3. The van der Waals surface area contributed by atoms with Crippen LogP contribution in [-0.2, 0) is 12.8 Å². The molecule has 0 fully saturated rings. The molecule has 22 heavy (non-hydrogen) atoms. The molecule has 1 aliphatic carbocycles. The van der Waals surface area contributed by atoms with E-state index in [2.05, 4.69) is 0 Å². The molecule has 4 heteroatoms. The topological polar surface area (TPSA) is 60.4 Å². The van der Waals surface area contributed by atoms with Crippen LogP contribution in [0.15, 0.2) is 30.6 Å². The summed E-state index contributed by atoms with van der Waals surface area (Å²) >= 11 is 0. The molecule has 0 radical (unpaired) electrons. The summed E-state index contributed by atoms with van der Waals surface area (Å²) < 4.78 is 11.1. The molecule has 0 aliphatic heterocycles. The average Bonchev–Trinajstić information content (AvgIpc) is 2.46. The predicted octanol–water partition coefficient (Wildman–Crippen LogP) is 3.40. The van der Waals surface area contributed by atoms with Crippen molar-refractivity contribution in [1.29, 1.82) is 0 Å². The van der Waals surface area contributed by atoms with Gasteiger partial charge in [-0.1, -0.05) is 6.07 Å². The Morgan fingerprint density at radius 3 is 2.36 bits per heavy atom. The fourth-order valence-electron chi connectivity index (χ4n) is 3.59. The highest BCUT2D eigenvalue weighted by Crippen LogP contribution is 2.31. The Kier molecular flexibility index (Phi) is 2.76. The van der Waals surface area contributed by atoms with Crippen molar-refractivity contribution in [3.05, 3.63) is 55.2 Å². The molecule has 3 aromatic rings. The van der Waals surface area contributed by atoms with Crippen LogP contribution in [0.4, 0.5) is 0 Å². The van der Waals surface area contributed by atoms with Crippen LogP contribution in [0.5, 0.6) is 0 Å². The maximum atomic E-state index is 12.5. The van der Waals surface area contributed by atoms with E-state index in [0.717, 1.165) is 41.3 Å². The first-order valence-electron chi connectivity index (χ1n) is 7.59. The van der Waals surface area contributed by atoms with Gasteiger partial charge in [-0.05, 0) is 62.3 Å². The standard InChI is InChI=1S/C18H16O4/c1-9-7-10(2)14-13(8-9)21-18(20)15-11-5-3-4-6-12(11)17(19)22-16(14)15/h7-8H,3-6H2,1-2H3. The first-order chi connectivity index (χ1) is 10.6. The lowest BCUT2D eigenvalue weighted by atomic mass is 9.90. The van der Waals surface area contributed by atoms with Gasteiger partial charge in [-0.25, -0.2) is 9.59 Å². The summed E-state index contributed by atoms with van der Waals surface area (Å²) in [5.41, 5.74) is 3.57. The fraction of sp³-hybridized carbons (Fsp3) is 0.333. The highest BCUT2D eigenvalue weighted by atomic mass is 16.4. The lowest BCUT2D eigenvalue weighted by Crippen LogP contribution is -2.19. The van der Waals surface area contributed by atoms with Crippen molar-refractivity contribution in [3.63, 3.8) is 0 Å². The van der Waals surface area contributed by atoms with Crippen LogP contribution in [0.3, 0.4) is 0 Å².